The third kappa shape index (κ3) is 3.85. The van der Waals surface area contributed by atoms with Gasteiger partial charge >= 0.3 is 7.60 Å². The molecule has 2 aromatic rings. The van der Waals surface area contributed by atoms with E-state index in [0.29, 0.717) is 5.75 Å². The standard InChI is InChI=1S/C19H23O3P/c1-15-12-13-17(14-19(15)16-8-4-2-5-9-16)22-23(20,21)18-10-6-3-7-11-18/h2,4-5,8-9,12-14,18H,3,6-7,10-11H2,1H3,(H,20,21). The molecule has 1 fully saturated rings. The average Bonchev–Trinajstić information content (AvgIpc) is 2.58. The second-order valence-corrected chi connectivity index (χ2v) is 8.33. The molecule has 122 valence electrons. The summed E-state index contributed by atoms with van der Waals surface area (Å²) >= 11 is 0. The minimum absolute atomic E-state index is 0.224. The van der Waals surface area contributed by atoms with Gasteiger partial charge in [-0.05, 0) is 48.6 Å². The highest BCUT2D eigenvalue weighted by molar-refractivity contribution is 7.54. The summed E-state index contributed by atoms with van der Waals surface area (Å²) in [5, 5.41) is 0. The number of hydrogen-bond acceptors (Lipinski definition) is 2. The summed E-state index contributed by atoms with van der Waals surface area (Å²) in [7, 11) is -3.62. The van der Waals surface area contributed by atoms with Gasteiger partial charge in [0.05, 0.1) is 5.66 Å². The largest absolute Gasteiger partial charge is 0.424 e. The Balaban J connectivity index is 1.85. The van der Waals surface area contributed by atoms with Crippen molar-refractivity contribution < 1.29 is 14.0 Å². The predicted molar refractivity (Wildman–Crippen MR) is 93.9 cm³/mol. The Morgan fingerprint density at radius 1 is 1.04 bits per heavy atom. The van der Waals surface area contributed by atoms with Crippen LogP contribution in [-0.4, -0.2) is 10.6 Å². The Bertz CT molecular complexity index is 706. The van der Waals surface area contributed by atoms with Crippen molar-refractivity contribution in [1.82, 2.24) is 0 Å². The van der Waals surface area contributed by atoms with Crippen molar-refractivity contribution in [3.8, 4) is 16.9 Å². The van der Waals surface area contributed by atoms with Gasteiger partial charge in [0.15, 0.2) is 0 Å². The summed E-state index contributed by atoms with van der Waals surface area (Å²) in [6, 6.07) is 15.6. The first-order valence-electron chi connectivity index (χ1n) is 8.24. The van der Waals surface area contributed by atoms with Crippen molar-refractivity contribution in [3.63, 3.8) is 0 Å². The SMILES string of the molecule is Cc1ccc(OP(=O)(O)C2CCCCC2)cc1-c1ccccc1. The molecule has 1 aliphatic rings. The molecule has 0 spiro atoms. The van der Waals surface area contributed by atoms with E-state index in [9.17, 15) is 9.46 Å². The van der Waals surface area contributed by atoms with Gasteiger partial charge in [0.25, 0.3) is 0 Å². The highest BCUT2D eigenvalue weighted by atomic mass is 31.2. The van der Waals surface area contributed by atoms with E-state index in [-0.39, 0.29) is 5.66 Å². The van der Waals surface area contributed by atoms with Gasteiger partial charge in [-0.3, -0.25) is 0 Å². The zero-order valence-corrected chi connectivity index (χ0v) is 14.3. The molecule has 1 N–H and O–H groups in total. The maximum absolute atomic E-state index is 12.6. The topological polar surface area (TPSA) is 46.5 Å². The van der Waals surface area contributed by atoms with Crippen LogP contribution in [-0.2, 0) is 4.57 Å². The van der Waals surface area contributed by atoms with Gasteiger partial charge in [-0.2, -0.15) is 0 Å². The normalized spacial score (nSPS) is 18.3. The van der Waals surface area contributed by atoms with Gasteiger partial charge in [0.2, 0.25) is 0 Å². The summed E-state index contributed by atoms with van der Waals surface area (Å²) in [5.41, 5.74) is 3.01. The molecule has 0 heterocycles. The molecule has 0 aromatic heterocycles. The maximum atomic E-state index is 12.6. The van der Waals surface area contributed by atoms with E-state index < -0.39 is 7.60 Å². The quantitative estimate of drug-likeness (QED) is 0.747. The van der Waals surface area contributed by atoms with Crippen LogP contribution in [0.3, 0.4) is 0 Å². The lowest BCUT2D eigenvalue weighted by atomic mass is 10.0. The summed E-state index contributed by atoms with van der Waals surface area (Å²) in [4.78, 5) is 10.4. The lowest BCUT2D eigenvalue weighted by molar-refractivity contribution is 0.343. The van der Waals surface area contributed by atoms with Gasteiger partial charge in [-0.25, -0.2) is 4.57 Å². The average molecular weight is 330 g/mol. The highest BCUT2D eigenvalue weighted by Crippen LogP contribution is 2.53. The molecular weight excluding hydrogens is 307 g/mol. The predicted octanol–water partition coefficient (Wildman–Crippen LogP) is 5.56. The molecule has 2 aromatic carbocycles. The van der Waals surface area contributed by atoms with E-state index >= 15 is 0 Å². The third-order valence-corrected chi connectivity index (χ3v) is 6.48. The van der Waals surface area contributed by atoms with Crippen molar-refractivity contribution >= 4 is 7.60 Å². The first-order chi connectivity index (χ1) is 11.1. The minimum Gasteiger partial charge on any atom is -0.424 e. The van der Waals surface area contributed by atoms with E-state index in [2.05, 4.69) is 0 Å². The molecule has 1 atom stereocenters. The lowest BCUT2D eigenvalue weighted by Crippen LogP contribution is -2.16. The van der Waals surface area contributed by atoms with E-state index in [1.165, 1.54) is 0 Å². The number of rotatable bonds is 4. The number of benzene rings is 2. The molecule has 0 bridgehead atoms. The number of aryl methyl sites for hydroxylation is 1. The highest BCUT2D eigenvalue weighted by Gasteiger charge is 2.34. The molecule has 4 heteroatoms. The van der Waals surface area contributed by atoms with Crippen LogP contribution in [0.25, 0.3) is 11.1 Å². The molecule has 1 saturated carbocycles. The van der Waals surface area contributed by atoms with Crippen LogP contribution in [0.15, 0.2) is 48.5 Å². The fourth-order valence-corrected chi connectivity index (χ4v) is 4.80. The lowest BCUT2D eigenvalue weighted by Gasteiger charge is -2.26. The van der Waals surface area contributed by atoms with Crippen molar-refractivity contribution in [2.75, 3.05) is 0 Å². The van der Waals surface area contributed by atoms with Crippen LogP contribution in [0.2, 0.25) is 0 Å². The smallest absolute Gasteiger partial charge is 0.379 e. The van der Waals surface area contributed by atoms with Gasteiger partial charge in [-0.1, -0.05) is 55.7 Å². The van der Waals surface area contributed by atoms with Crippen LogP contribution in [0.5, 0.6) is 5.75 Å². The second kappa shape index (κ2) is 6.90. The summed E-state index contributed by atoms with van der Waals surface area (Å²) in [6.45, 7) is 2.03. The first-order valence-corrected chi connectivity index (χ1v) is 9.89. The zero-order valence-electron chi connectivity index (χ0n) is 13.4. The zero-order chi connectivity index (χ0) is 16.3. The maximum Gasteiger partial charge on any atom is 0.379 e. The van der Waals surface area contributed by atoms with Crippen LogP contribution >= 0.6 is 7.60 Å². The molecule has 3 nitrogen and oxygen atoms in total. The Morgan fingerprint density at radius 3 is 2.43 bits per heavy atom. The van der Waals surface area contributed by atoms with Crippen LogP contribution in [0.1, 0.15) is 37.7 Å². The third-order valence-electron chi connectivity index (χ3n) is 4.57. The minimum atomic E-state index is -3.62. The molecule has 1 unspecified atom stereocenters. The van der Waals surface area contributed by atoms with Gasteiger partial charge in [-0.15, -0.1) is 0 Å². The molecule has 0 saturated heterocycles. The van der Waals surface area contributed by atoms with Gasteiger partial charge < -0.3 is 9.42 Å². The van der Waals surface area contributed by atoms with Crippen LogP contribution in [0, 0.1) is 6.92 Å². The van der Waals surface area contributed by atoms with Crippen LogP contribution in [0.4, 0.5) is 0 Å². The Morgan fingerprint density at radius 2 is 1.74 bits per heavy atom. The summed E-state index contributed by atoms with van der Waals surface area (Å²) in [6.07, 6.45) is 4.75. The van der Waals surface area contributed by atoms with Crippen LogP contribution < -0.4 is 4.52 Å². The Labute approximate surface area is 137 Å². The van der Waals surface area contributed by atoms with E-state index in [0.717, 1.165) is 48.8 Å². The van der Waals surface area contributed by atoms with Gasteiger partial charge in [0, 0.05) is 0 Å². The van der Waals surface area contributed by atoms with Crippen molar-refractivity contribution in [3.05, 3.63) is 54.1 Å². The molecular formula is C19H23O3P. The number of hydrogen-bond donors (Lipinski definition) is 1. The molecule has 1 aliphatic carbocycles. The molecule has 3 rings (SSSR count). The Kier molecular flexibility index (Phi) is 4.89. The first kappa shape index (κ1) is 16.3. The van der Waals surface area contributed by atoms with E-state index in [4.69, 9.17) is 4.52 Å². The van der Waals surface area contributed by atoms with Crippen molar-refractivity contribution in [2.45, 2.75) is 44.7 Å². The summed E-state index contributed by atoms with van der Waals surface area (Å²) < 4.78 is 18.2. The molecule has 0 aliphatic heterocycles. The fourth-order valence-electron chi connectivity index (χ4n) is 3.22. The van der Waals surface area contributed by atoms with Crippen molar-refractivity contribution in [2.24, 2.45) is 0 Å². The summed E-state index contributed by atoms with van der Waals surface area (Å²) in [5.74, 6) is 0.478. The van der Waals surface area contributed by atoms with E-state index in [1.54, 1.807) is 6.07 Å². The second-order valence-electron chi connectivity index (χ2n) is 6.29. The van der Waals surface area contributed by atoms with Crippen molar-refractivity contribution in [1.29, 1.82) is 0 Å². The molecule has 0 amide bonds. The fraction of sp³-hybridized carbons (Fsp3) is 0.368. The Hall–Kier alpha value is -1.57. The molecule has 0 radical (unpaired) electrons. The van der Waals surface area contributed by atoms with Gasteiger partial charge in [0.1, 0.15) is 5.75 Å². The molecule has 23 heavy (non-hydrogen) atoms. The monoisotopic (exact) mass is 330 g/mol. The van der Waals surface area contributed by atoms with E-state index in [1.807, 2.05) is 49.4 Å².